The van der Waals surface area contributed by atoms with E-state index in [1.54, 1.807) is 30.3 Å². The molecule has 6 nitrogen and oxygen atoms in total. The number of amides is 1. The van der Waals surface area contributed by atoms with E-state index in [1.165, 1.54) is 17.3 Å². The Bertz CT molecular complexity index is 1060. The van der Waals surface area contributed by atoms with Crippen molar-refractivity contribution in [2.75, 3.05) is 4.90 Å². The Morgan fingerprint density at radius 2 is 1.57 bits per heavy atom. The van der Waals surface area contributed by atoms with Crippen LogP contribution in [0.25, 0.3) is 5.76 Å². The number of benzene rings is 2. The molecule has 1 saturated heterocycles. The Morgan fingerprint density at radius 3 is 2.21 bits per heavy atom. The lowest BCUT2D eigenvalue weighted by Gasteiger charge is -2.23. The number of ketones is 1. The molecule has 1 amide bonds. The number of carbonyl (C=O) groups is 2. The Balaban J connectivity index is 1.95. The number of hydrogen-bond donors (Lipinski definition) is 1. The van der Waals surface area contributed by atoms with Crippen molar-refractivity contribution in [1.29, 1.82) is 0 Å². The molecule has 1 aromatic heterocycles. The molecule has 0 aliphatic carbocycles. The van der Waals surface area contributed by atoms with Gasteiger partial charge in [0.15, 0.2) is 0 Å². The zero-order chi connectivity index (χ0) is 19.7. The quantitative estimate of drug-likeness (QED) is 0.433. The van der Waals surface area contributed by atoms with E-state index in [1.807, 2.05) is 37.3 Å². The average Bonchev–Trinajstić information content (AvgIpc) is 3.00. The van der Waals surface area contributed by atoms with Crippen LogP contribution in [0.2, 0.25) is 0 Å². The SMILES string of the molecule is Cc1ccc(C2/C(=C(/O)c3ccccc3)C(=O)C(=O)N2c2ncccn2)cc1. The number of Topliss-reactive ketones (excluding diaryl/α,β-unsaturated/α-hetero) is 1. The van der Waals surface area contributed by atoms with Crippen molar-refractivity contribution in [3.8, 4) is 0 Å². The molecule has 1 N–H and O–H groups in total. The fourth-order valence-electron chi connectivity index (χ4n) is 3.27. The van der Waals surface area contributed by atoms with Gasteiger partial charge in [0.05, 0.1) is 11.6 Å². The zero-order valence-electron chi connectivity index (χ0n) is 15.1. The van der Waals surface area contributed by atoms with Crippen molar-refractivity contribution in [2.45, 2.75) is 13.0 Å². The largest absolute Gasteiger partial charge is 0.507 e. The second-order valence-electron chi connectivity index (χ2n) is 6.49. The lowest BCUT2D eigenvalue weighted by Crippen LogP contribution is -2.31. The first kappa shape index (κ1) is 17.6. The summed E-state index contributed by atoms with van der Waals surface area (Å²) in [5, 5.41) is 10.9. The maximum atomic E-state index is 12.9. The summed E-state index contributed by atoms with van der Waals surface area (Å²) in [5.74, 6) is -1.64. The topological polar surface area (TPSA) is 83.4 Å². The summed E-state index contributed by atoms with van der Waals surface area (Å²) in [5.41, 5.74) is 2.22. The number of anilines is 1. The molecule has 138 valence electrons. The molecule has 1 fully saturated rings. The number of nitrogens with zero attached hydrogens (tertiary/aromatic N) is 3. The number of aromatic nitrogens is 2. The summed E-state index contributed by atoms with van der Waals surface area (Å²) in [6, 6.07) is 17.0. The normalized spacial score (nSPS) is 18.5. The second kappa shape index (κ2) is 7.08. The Labute approximate surface area is 161 Å². The van der Waals surface area contributed by atoms with E-state index >= 15 is 0 Å². The number of rotatable bonds is 3. The molecule has 2 heterocycles. The monoisotopic (exact) mass is 371 g/mol. The molecule has 4 rings (SSSR count). The Kier molecular flexibility index (Phi) is 4.45. The summed E-state index contributed by atoms with van der Waals surface area (Å²) in [6.45, 7) is 1.95. The molecule has 0 spiro atoms. The molecule has 1 unspecified atom stereocenters. The van der Waals surface area contributed by atoms with Crippen molar-refractivity contribution in [3.05, 3.63) is 95.3 Å². The molecule has 3 aromatic rings. The predicted octanol–water partition coefficient (Wildman–Crippen LogP) is 3.41. The summed E-state index contributed by atoms with van der Waals surface area (Å²) in [7, 11) is 0. The van der Waals surface area contributed by atoms with Crippen LogP contribution in [-0.4, -0.2) is 26.8 Å². The molecular formula is C22H17N3O3. The van der Waals surface area contributed by atoms with Gasteiger partial charge in [-0.1, -0.05) is 60.2 Å². The lowest BCUT2D eigenvalue weighted by molar-refractivity contribution is -0.132. The number of aryl methyl sites for hydroxylation is 1. The first-order chi connectivity index (χ1) is 13.6. The van der Waals surface area contributed by atoms with Gasteiger partial charge in [0.1, 0.15) is 5.76 Å². The smallest absolute Gasteiger partial charge is 0.302 e. The molecule has 1 aliphatic rings. The minimum atomic E-state index is -0.816. The van der Waals surface area contributed by atoms with Crippen LogP contribution >= 0.6 is 0 Å². The van der Waals surface area contributed by atoms with E-state index in [2.05, 4.69) is 9.97 Å². The van der Waals surface area contributed by atoms with Crippen molar-refractivity contribution < 1.29 is 14.7 Å². The van der Waals surface area contributed by atoms with Gasteiger partial charge in [0, 0.05) is 18.0 Å². The van der Waals surface area contributed by atoms with Crippen LogP contribution in [0.4, 0.5) is 5.95 Å². The highest BCUT2D eigenvalue weighted by molar-refractivity contribution is 6.51. The third-order valence-electron chi connectivity index (χ3n) is 4.65. The van der Waals surface area contributed by atoms with E-state index in [9.17, 15) is 14.7 Å². The van der Waals surface area contributed by atoms with E-state index in [-0.39, 0.29) is 17.3 Å². The highest BCUT2D eigenvalue weighted by atomic mass is 16.3. The van der Waals surface area contributed by atoms with Gasteiger partial charge in [-0.15, -0.1) is 0 Å². The summed E-state index contributed by atoms with van der Waals surface area (Å²) in [4.78, 5) is 35.3. The molecule has 6 heteroatoms. The molecule has 2 aromatic carbocycles. The molecule has 28 heavy (non-hydrogen) atoms. The standard InChI is InChI=1S/C22H17N3O3/c1-14-8-10-15(11-9-14)18-17(19(26)16-6-3-2-4-7-16)20(27)21(28)25(18)22-23-12-5-13-24-22/h2-13,18,26H,1H3/b19-17-. The molecule has 1 aliphatic heterocycles. The first-order valence-electron chi connectivity index (χ1n) is 8.78. The van der Waals surface area contributed by atoms with Gasteiger partial charge in [0.2, 0.25) is 5.95 Å². The average molecular weight is 371 g/mol. The predicted molar refractivity (Wildman–Crippen MR) is 104 cm³/mol. The first-order valence-corrected chi connectivity index (χ1v) is 8.78. The fourth-order valence-corrected chi connectivity index (χ4v) is 3.27. The number of carbonyl (C=O) groups excluding carboxylic acids is 2. The molecular weight excluding hydrogens is 354 g/mol. The summed E-state index contributed by atoms with van der Waals surface area (Å²) in [6.07, 6.45) is 3.01. The minimum Gasteiger partial charge on any atom is -0.507 e. The summed E-state index contributed by atoms with van der Waals surface area (Å²) < 4.78 is 0. The lowest BCUT2D eigenvalue weighted by atomic mass is 9.95. The van der Waals surface area contributed by atoms with Gasteiger partial charge in [-0.25, -0.2) is 9.97 Å². The number of aliphatic hydroxyl groups is 1. The molecule has 0 saturated carbocycles. The Hall–Kier alpha value is -3.80. The highest BCUT2D eigenvalue weighted by Gasteiger charge is 2.48. The van der Waals surface area contributed by atoms with Gasteiger partial charge >= 0.3 is 5.91 Å². The van der Waals surface area contributed by atoms with Gasteiger partial charge in [-0.2, -0.15) is 0 Å². The van der Waals surface area contributed by atoms with Crippen LogP contribution < -0.4 is 4.90 Å². The van der Waals surface area contributed by atoms with Gasteiger partial charge in [-0.3, -0.25) is 14.5 Å². The molecule has 1 atom stereocenters. The van der Waals surface area contributed by atoms with E-state index in [4.69, 9.17) is 0 Å². The third-order valence-corrected chi connectivity index (χ3v) is 4.65. The van der Waals surface area contributed by atoms with Crippen molar-refractivity contribution in [3.63, 3.8) is 0 Å². The van der Waals surface area contributed by atoms with E-state index in [0.29, 0.717) is 11.1 Å². The number of hydrogen-bond acceptors (Lipinski definition) is 5. The van der Waals surface area contributed by atoms with Crippen LogP contribution in [0.3, 0.4) is 0 Å². The van der Waals surface area contributed by atoms with Gasteiger partial charge in [-0.05, 0) is 18.6 Å². The zero-order valence-corrected chi connectivity index (χ0v) is 15.1. The second-order valence-corrected chi connectivity index (χ2v) is 6.49. The van der Waals surface area contributed by atoms with Crippen LogP contribution in [0.1, 0.15) is 22.7 Å². The van der Waals surface area contributed by atoms with E-state index < -0.39 is 17.7 Å². The maximum absolute atomic E-state index is 12.9. The fraction of sp³-hybridized carbons (Fsp3) is 0.0909. The van der Waals surface area contributed by atoms with Gasteiger partial charge < -0.3 is 5.11 Å². The summed E-state index contributed by atoms with van der Waals surface area (Å²) >= 11 is 0. The van der Waals surface area contributed by atoms with Crippen LogP contribution in [0.5, 0.6) is 0 Å². The molecule has 0 radical (unpaired) electrons. The third kappa shape index (κ3) is 2.95. The van der Waals surface area contributed by atoms with Crippen LogP contribution in [-0.2, 0) is 9.59 Å². The van der Waals surface area contributed by atoms with Crippen molar-refractivity contribution in [2.24, 2.45) is 0 Å². The van der Waals surface area contributed by atoms with Gasteiger partial charge in [0.25, 0.3) is 5.78 Å². The maximum Gasteiger partial charge on any atom is 0.302 e. The molecule has 0 bridgehead atoms. The van der Waals surface area contributed by atoms with Crippen LogP contribution in [0.15, 0.2) is 78.6 Å². The number of aliphatic hydroxyl groups excluding tert-OH is 1. The van der Waals surface area contributed by atoms with E-state index in [0.717, 1.165) is 5.56 Å². The highest BCUT2D eigenvalue weighted by Crippen LogP contribution is 2.40. The van der Waals surface area contributed by atoms with Crippen molar-refractivity contribution in [1.82, 2.24) is 9.97 Å². The minimum absolute atomic E-state index is 0.0208. The van der Waals surface area contributed by atoms with Crippen LogP contribution in [0, 0.1) is 6.92 Å². The van der Waals surface area contributed by atoms with Crippen molar-refractivity contribution >= 4 is 23.4 Å². The Morgan fingerprint density at radius 1 is 0.929 bits per heavy atom.